The highest BCUT2D eigenvalue weighted by Crippen LogP contribution is 2.63. The van der Waals surface area contributed by atoms with Crippen molar-refractivity contribution in [2.45, 2.75) is 64.7 Å². The molecule has 4 rings (SSSR count). The standard InChI is InChI=1S/C20H28O/c1-3-20-12-13(2)19-15-7-5-4-6-14(15)8-9-16(19)17(20)10-11-18(20)21/h6,15-17,19H,2-5,7-12H2,1H3/t15-,16-,17-,19+,20-/m0/s1. The third-order valence-electron chi connectivity index (χ3n) is 7.37. The summed E-state index contributed by atoms with van der Waals surface area (Å²) in [7, 11) is 0. The molecule has 4 aliphatic carbocycles. The van der Waals surface area contributed by atoms with E-state index in [1.54, 1.807) is 5.57 Å². The van der Waals surface area contributed by atoms with Crippen molar-refractivity contribution in [1.29, 1.82) is 0 Å². The summed E-state index contributed by atoms with van der Waals surface area (Å²) in [5.41, 5.74) is 3.14. The zero-order valence-electron chi connectivity index (χ0n) is 13.4. The van der Waals surface area contributed by atoms with Crippen LogP contribution in [0.4, 0.5) is 0 Å². The van der Waals surface area contributed by atoms with E-state index in [1.165, 1.54) is 37.7 Å². The molecule has 0 heterocycles. The molecule has 5 atom stereocenters. The van der Waals surface area contributed by atoms with Crippen molar-refractivity contribution in [2.75, 3.05) is 0 Å². The zero-order chi connectivity index (χ0) is 14.6. The fourth-order valence-corrected chi connectivity index (χ4v) is 6.49. The Morgan fingerprint density at radius 1 is 1.29 bits per heavy atom. The Balaban J connectivity index is 1.72. The van der Waals surface area contributed by atoms with Crippen LogP contribution in [0, 0.1) is 29.1 Å². The molecule has 0 bridgehead atoms. The van der Waals surface area contributed by atoms with Crippen LogP contribution < -0.4 is 0 Å². The number of Topliss-reactive ketones (excluding diaryl/α,β-unsaturated/α-hetero) is 1. The molecular formula is C20H28O. The van der Waals surface area contributed by atoms with Gasteiger partial charge in [-0.15, -0.1) is 0 Å². The van der Waals surface area contributed by atoms with Gasteiger partial charge >= 0.3 is 0 Å². The second-order valence-corrected chi connectivity index (χ2v) is 7.96. The van der Waals surface area contributed by atoms with E-state index in [9.17, 15) is 4.79 Å². The second-order valence-electron chi connectivity index (χ2n) is 7.96. The van der Waals surface area contributed by atoms with E-state index < -0.39 is 0 Å². The monoisotopic (exact) mass is 284 g/mol. The first-order valence-electron chi connectivity index (χ1n) is 9.07. The number of hydrogen-bond acceptors (Lipinski definition) is 1. The normalized spacial score (nSPS) is 45.7. The lowest BCUT2D eigenvalue weighted by Gasteiger charge is -2.54. The Morgan fingerprint density at radius 3 is 2.95 bits per heavy atom. The molecule has 0 radical (unpaired) electrons. The SMILES string of the molecule is C=C1C[C@]2(CC)C(=O)CC[C@H]2[C@@H]2CCC3=CCCC[C@@H]3[C@@H]12. The van der Waals surface area contributed by atoms with Crippen LogP contribution in [0.15, 0.2) is 23.8 Å². The predicted octanol–water partition coefficient (Wildman–Crippen LogP) is 5.07. The van der Waals surface area contributed by atoms with Crippen LogP contribution in [0.1, 0.15) is 64.7 Å². The maximum atomic E-state index is 12.6. The van der Waals surface area contributed by atoms with Crippen LogP contribution in [0.2, 0.25) is 0 Å². The third-order valence-corrected chi connectivity index (χ3v) is 7.37. The molecular weight excluding hydrogens is 256 g/mol. The minimum absolute atomic E-state index is 0.0197. The number of rotatable bonds is 1. The van der Waals surface area contributed by atoms with Gasteiger partial charge in [-0.3, -0.25) is 4.79 Å². The molecule has 0 spiro atoms. The lowest BCUT2D eigenvalue weighted by Crippen LogP contribution is -2.48. The first-order valence-corrected chi connectivity index (χ1v) is 9.07. The summed E-state index contributed by atoms with van der Waals surface area (Å²) in [6.07, 6.45) is 13.2. The van der Waals surface area contributed by atoms with E-state index in [-0.39, 0.29) is 5.41 Å². The Kier molecular flexibility index (Phi) is 3.17. The molecule has 3 fully saturated rings. The molecule has 0 unspecified atom stereocenters. The van der Waals surface area contributed by atoms with Gasteiger partial charge in [-0.25, -0.2) is 0 Å². The summed E-state index contributed by atoms with van der Waals surface area (Å²) in [6, 6.07) is 0. The molecule has 1 nitrogen and oxygen atoms in total. The van der Waals surface area contributed by atoms with E-state index >= 15 is 0 Å². The molecule has 3 saturated carbocycles. The first-order chi connectivity index (χ1) is 10.2. The minimum atomic E-state index is -0.0197. The van der Waals surface area contributed by atoms with Gasteiger partial charge in [-0.2, -0.15) is 0 Å². The molecule has 114 valence electrons. The average Bonchev–Trinajstić information content (AvgIpc) is 2.84. The predicted molar refractivity (Wildman–Crippen MR) is 85.9 cm³/mol. The molecule has 0 aromatic rings. The largest absolute Gasteiger partial charge is 0.299 e. The van der Waals surface area contributed by atoms with Gasteiger partial charge in [0.05, 0.1) is 0 Å². The van der Waals surface area contributed by atoms with Crippen molar-refractivity contribution in [3.8, 4) is 0 Å². The van der Waals surface area contributed by atoms with Gasteiger partial charge in [0, 0.05) is 11.8 Å². The fraction of sp³-hybridized carbons (Fsp3) is 0.750. The zero-order valence-corrected chi connectivity index (χ0v) is 13.4. The number of carbonyl (C=O) groups excluding carboxylic acids is 1. The summed E-state index contributed by atoms with van der Waals surface area (Å²) < 4.78 is 0. The highest BCUT2D eigenvalue weighted by atomic mass is 16.1. The van der Waals surface area contributed by atoms with Crippen LogP contribution in [-0.2, 0) is 4.79 Å². The van der Waals surface area contributed by atoms with E-state index in [4.69, 9.17) is 0 Å². The quantitative estimate of drug-likeness (QED) is 0.614. The Morgan fingerprint density at radius 2 is 2.14 bits per heavy atom. The van der Waals surface area contributed by atoms with Crippen molar-refractivity contribution in [3.63, 3.8) is 0 Å². The van der Waals surface area contributed by atoms with Crippen molar-refractivity contribution >= 4 is 5.78 Å². The molecule has 4 aliphatic rings. The summed E-state index contributed by atoms with van der Waals surface area (Å²) in [5.74, 6) is 3.43. The maximum Gasteiger partial charge on any atom is 0.139 e. The molecule has 0 aromatic carbocycles. The highest BCUT2D eigenvalue weighted by Gasteiger charge is 2.58. The molecule has 0 aromatic heterocycles. The van der Waals surface area contributed by atoms with Crippen molar-refractivity contribution in [2.24, 2.45) is 29.1 Å². The van der Waals surface area contributed by atoms with Gasteiger partial charge in [0.1, 0.15) is 5.78 Å². The van der Waals surface area contributed by atoms with Crippen molar-refractivity contribution in [1.82, 2.24) is 0 Å². The Bertz CT molecular complexity index is 514. The van der Waals surface area contributed by atoms with Crippen LogP contribution >= 0.6 is 0 Å². The van der Waals surface area contributed by atoms with Gasteiger partial charge in [0.25, 0.3) is 0 Å². The number of ketones is 1. The summed E-state index contributed by atoms with van der Waals surface area (Å²) >= 11 is 0. The van der Waals surface area contributed by atoms with E-state index in [2.05, 4.69) is 19.6 Å². The molecule has 1 heteroatoms. The summed E-state index contributed by atoms with van der Waals surface area (Å²) in [6.45, 7) is 6.73. The van der Waals surface area contributed by atoms with Gasteiger partial charge < -0.3 is 0 Å². The maximum absolute atomic E-state index is 12.6. The highest BCUT2D eigenvalue weighted by molar-refractivity contribution is 5.88. The minimum Gasteiger partial charge on any atom is -0.299 e. The summed E-state index contributed by atoms with van der Waals surface area (Å²) in [5, 5.41) is 0. The molecule has 0 saturated heterocycles. The summed E-state index contributed by atoms with van der Waals surface area (Å²) in [4.78, 5) is 12.6. The average molecular weight is 284 g/mol. The first kappa shape index (κ1) is 13.8. The topological polar surface area (TPSA) is 17.1 Å². The van der Waals surface area contributed by atoms with E-state index in [1.807, 2.05) is 0 Å². The van der Waals surface area contributed by atoms with Crippen LogP contribution in [0.3, 0.4) is 0 Å². The second kappa shape index (κ2) is 4.83. The van der Waals surface area contributed by atoms with Crippen LogP contribution in [-0.4, -0.2) is 5.78 Å². The van der Waals surface area contributed by atoms with E-state index in [0.717, 1.165) is 37.5 Å². The van der Waals surface area contributed by atoms with Gasteiger partial charge in [-0.1, -0.05) is 30.7 Å². The number of allylic oxidation sites excluding steroid dienone is 3. The smallest absolute Gasteiger partial charge is 0.139 e. The molecule has 0 amide bonds. The number of fused-ring (bicyclic) bond motifs is 5. The van der Waals surface area contributed by atoms with Crippen LogP contribution in [0.5, 0.6) is 0 Å². The Labute approximate surface area is 128 Å². The molecule has 0 N–H and O–H groups in total. The number of hydrogen-bond donors (Lipinski definition) is 0. The lowest BCUT2D eigenvalue weighted by atomic mass is 9.50. The van der Waals surface area contributed by atoms with Crippen molar-refractivity contribution < 1.29 is 4.79 Å². The van der Waals surface area contributed by atoms with Gasteiger partial charge in [-0.05, 0) is 75.0 Å². The fourth-order valence-electron chi connectivity index (χ4n) is 6.49. The van der Waals surface area contributed by atoms with E-state index in [0.29, 0.717) is 17.6 Å². The van der Waals surface area contributed by atoms with Gasteiger partial charge in [0.2, 0.25) is 0 Å². The van der Waals surface area contributed by atoms with Gasteiger partial charge in [0.15, 0.2) is 0 Å². The van der Waals surface area contributed by atoms with Crippen molar-refractivity contribution in [3.05, 3.63) is 23.8 Å². The lowest BCUT2D eigenvalue weighted by molar-refractivity contribution is -0.130. The Hall–Kier alpha value is -0.850. The third kappa shape index (κ3) is 1.79. The molecule has 0 aliphatic heterocycles. The van der Waals surface area contributed by atoms with Crippen LogP contribution in [0.25, 0.3) is 0 Å². The number of carbonyl (C=O) groups is 1. The molecule has 21 heavy (non-hydrogen) atoms.